The first-order valence-electron chi connectivity index (χ1n) is 5.44. The standard InChI is InChI=1S/C12H23N/c1-6-8-12(10(3)4)9-11(12)13(5)7-2/h11H,3,6-9H2,1-2,4-5H3. The normalized spacial score (nSPS) is 32.2. The number of hydrogen-bond donors (Lipinski definition) is 0. The van der Waals surface area contributed by atoms with Crippen molar-refractivity contribution < 1.29 is 0 Å². The molecule has 1 saturated carbocycles. The highest BCUT2D eigenvalue weighted by atomic mass is 15.2. The van der Waals surface area contributed by atoms with E-state index < -0.39 is 0 Å². The van der Waals surface area contributed by atoms with Crippen LogP contribution in [0.25, 0.3) is 0 Å². The van der Waals surface area contributed by atoms with Crippen molar-refractivity contribution in [3.63, 3.8) is 0 Å². The second-order valence-electron chi connectivity index (χ2n) is 4.48. The Labute approximate surface area is 82.8 Å². The Balaban J connectivity index is 2.61. The first kappa shape index (κ1) is 10.8. The van der Waals surface area contributed by atoms with E-state index in [1.165, 1.54) is 24.8 Å². The van der Waals surface area contributed by atoms with E-state index in [0.717, 1.165) is 12.6 Å². The third-order valence-corrected chi connectivity index (χ3v) is 3.61. The predicted molar refractivity (Wildman–Crippen MR) is 58.9 cm³/mol. The molecule has 0 aromatic rings. The van der Waals surface area contributed by atoms with Crippen LogP contribution in [0.2, 0.25) is 0 Å². The molecule has 0 saturated heterocycles. The maximum absolute atomic E-state index is 4.15. The summed E-state index contributed by atoms with van der Waals surface area (Å²) in [6.45, 7) is 12.0. The van der Waals surface area contributed by atoms with Gasteiger partial charge in [-0.25, -0.2) is 0 Å². The van der Waals surface area contributed by atoms with Crippen molar-refractivity contribution in [3.8, 4) is 0 Å². The SMILES string of the molecule is C=C(C)C1(CCC)CC1N(C)CC. The molecule has 1 aliphatic rings. The van der Waals surface area contributed by atoms with E-state index in [-0.39, 0.29) is 0 Å². The summed E-state index contributed by atoms with van der Waals surface area (Å²) >= 11 is 0. The lowest BCUT2D eigenvalue weighted by atomic mass is 9.92. The molecule has 13 heavy (non-hydrogen) atoms. The molecule has 0 spiro atoms. The number of nitrogens with zero attached hydrogens (tertiary/aromatic N) is 1. The number of rotatable bonds is 5. The Bertz CT molecular complexity index is 197. The van der Waals surface area contributed by atoms with Gasteiger partial charge < -0.3 is 4.90 Å². The minimum Gasteiger partial charge on any atom is -0.303 e. The first-order valence-corrected chi connectivity index (χ1v) is 5.44. The van der Waals surface area contributed by atoms with Gasteiger partial charge in [-0.15, -0.1) is 0 Å². The van der Waals surface area contributed by atoms with Gasteiger partial charge >= 0.3 is 0 Å². The van der Waals surface area contributed by atoms with E-state index in [1.807, 2.05) is 0 Å². The van der Waals surface area contributed by atoms with Gasteiger partial charge in [0.25, 0.3) is 0 Å². The largest absolute Gasteiger partial charge is 0.303 e. The zero-order valence-electron chi connectivity index (χ0n) is 9.56. The van der Waals surface area contributed by atoms with Crippen LogP contribution < -0.4 is 0 Å². The summed E-state index contributed by atoms with van der Waals surface area (Å²) in [4.78, 5) is 2.46. The van der Waals surface area contributed by atoms with Crippen molar-refractivity contribution in [3.05, 3.63) is 12.2 Å². The molecule has 0 aromatic carbocycles. The second-order valence-corrected chi connectivity index (χ2v) is 4.48. The van der Waals surface area contributed by atoms with Gasteiger partial charge in [-0.2, -0.15) is 0 Å². The quantitative estimate of drug-likeness (QED) is 0.589. The van der Waals surface area contributed by atoms with Crippen molar-refractivity contribution in [2.24, 2.45) is 5.41 Å². The lowest BCUT2D eigenvalue weighted by molar-refractivity contribution is 0.293. The van der Waals surface area contributed by atoms with Crippen LogP contribution in [0.5, 0.6) is 0 Å². The topological polar surface area (TPSA) is 3.24 Å². The Morgan fingerprint density at radius 1 is 1.54 bits per heavy atom. The summed E-state index contributed by atoms with van der Waals surface area (Å²) in [6, 6.07) is 0.773. The molecule has 2 unspecified atom stereocenters. The van der Waals surface area contributed by atoms with Gasteiger partial charge in [0, 0.05) is 11.5 Å². The highest BCUT2D eigenvalue weighted by molar-refractivity contribution is 5.24. The second kappa shape index (κ2) is 3.83. The van der Waals surface area contributed by atoms with E-state index in [4.69, 9.17) is 0 Å². The fourth-order valence-electron chi connectivity index (χ4n) is 2.47. The van der Waals surface area contributed by atoms with Crippen molar-refractivity contribution >= 4 is 0 Å². The van der Waals surface area contributed by atoms with E-state index in [0.29, 0.717) is 5.41 Å². The van der Waals surface area contributed by atoms with Gasteiger partial charge in [-0.05, 0) is 33.4 Å². The molecule has 0 N–H and O–H groups in total. The van der Waals surface area contributed by atoms with Crippen molar-refractivity contribution in [1.29, 1.82) is 0 Å². The number of hydrogen-bond acceptors (Lipinski definition) is 1. The summed E-state index contributed by atoms with van der Waals surface area (Å²) in [5, 5.41) is 0. The van der Waals surface area contributed by atoms with E-state index in [2.05, 4.69) is 39.3 Å². The van der Waals surface area contributed by atoms with Gasteiger partial charge in [-0.3, -0.25) is 0 Å². The van der Waals surface area contributed by atoms with Crippen LogP contribution in [0.1, 0.15) is 40.0 Å². The van der Waals surface area contributed by atoms with Gasteiger partial charge in [0.1, 0.15) is 0 Å². The fourth-order valence-corrected chi connectivity index (χ4v) is 2.47. The molecule has 76 valence electrons. The Kier molecular flexibility index (Phi) is 3.18. The van der Waals surface area contributed by atoms with E-state index in [1.54, 1.807) is 0 Å². The molecule has 2 atom stereocenters. The Hall–Kier alpha value is -0.300. The molecular weight excluding hydrogens is 158 g/mol. The fraction of sp³-hybridized carbons (Fsp3) is 0.833. The summed E-state index contributed by atoms with van der Waals surface area (Å²) in [5.41, 5.74) is 1.86. The Morgan fingerprint density at radius 3 is 2.54 bits per heavy atom. The molecule has 0 aromatic heterocycles. The molecule has 1 nitrogen and oxygen atoms in total. The highest BCUT2D eigenvalue weighted by Gasteiger charge is 2.55. The first-order chi connectivity index (χ1) is 6.08. The van der Waals surface area contributed by atoms with Crippen LogP contribution >= 0.6 is 0 Å². The van der Waals surface area contributed by atoms with Crippen LogP contribution in [-0.4, -0.2) is 24.5 Å². The molecular formula is C12H23N. The van der Waals surface area contributed by atoms with Crippen LogP contribution in [-0.2, 0) is 0 Å². The highest BCUT2D eigenvalue weighted by Crippen LogP contribution is 2.57. The molecule has 1 rings (SSSR count). The van der Waals surface area contributed by atoms with Crippen LogP contribution in [0.15, 0.2) is 12.2 Å². The zero-order valence-corrected chi connectivity index (χ0v) is 9.56. The maximum Gasteiger partial charge on any atom is 0.0195 e. The molecule has 1 fully saturated rings. The molecule has 0 bridgehead atoms. The molecule has 0 heterocycles. The molecule has 0 amide bonds. The monoisotopic (exact) mass is 181 g/mol. The summed E-state index contributed by atoms with van der Waals surface area (Å²) < 4.78 is 0. The van der Waals surface area contributed by atoms with Crippen molar-refractivity contribution in [1.82, 2.24) is 4.90 Å². The molecule has 0 radical (unpaired) electrons. The third kappa shape index (κ3) is 1.80. The van der Waals surface area contributed by atoms with Crippen LogP contribution in [0.4, 0.5) is 0 Å². The zero-order chi connectivity index (χ0) is 10.1. The summed E-state index contributed by atoms with van der Waals surface area (Å²) in [6.07, 6.45) is 3.93. The maximum atomic E-state index is 4.15. The van der Waals surface area contributed by atoms with Crippen molar-refractivity contribution in [2.45, 2.75) is 46.1 Å². The van der Waals surface area contributed by atoms with Crippen LogP contribution in [0.3, 0.4) is 0 Å². The molecule has 1 aliphatic carbocycles. The lowest BCUT2D eigenvalue weighted by Gasteiger charge is -2.22. The molecule has 0 aliphatic heterocycles. The third-order valence-electron chi connectivity index (χ3n) is 3.61. The van der Waals surface area contributed by atoms with Gasteiger partial charge in [0.15, 0.2) is 0 Å². The van der Waals surface area contributed by atoms with Crippen molar-refractivity contribution in [2.75, 3.05) is 13.6 Å². The Morgan fingerprint density at radius 2 is 2.15 bits per heavy atom. The van der Waals surface area contributed by atoms with Gasteiger partial charge in [0.2, 0.25) is 0 Å². The van der Waals surface area contributed by atoms with E-state index >= 15 is 0 Å². The minimum absolute atomic E-state index is 0.472. The van der Waals surface area contributed by atoms with E-state index in [9.17, 15) is 0 Å². The summed E-state index contributed by atoms with van der Waals surface area (Å²) in [5.74, 6) is 0. The van der Waals surface area contributed by atoms with Gasteiger partial charge in [-0.1, -0.05) is 32.4 Å². The van der Waals surface area contributed by atoms with Gasteiger partial charge in [0.05, 0.1) is 0 Å². The van der Waals surface area contributed by atoms with Crippen LogP contribution in [0, 0.1) is 5.41 Å². The summed E-state index contributed by atoms with van der Waals surface area (Å²) in [7, 11) is 2.23. The average Bonchev–Trinajstić information content (AvgIpc) is 2.80. The smallest absolute Gasteiger partial charge is 0.0195 e. The predicted octanol–water partition coefficient (Wildman–Crippen LogP) is 3.07. The minimum atomic E-state index is 0.472. The lowest BCUT2D eigenvalue weighted by Crippen LogP contribution is -2.26. The molecule has 1 heteroatoms. The average molecular weight is 181 g/mol.